The van der Waals surface area contributed by atoms with Crippen LogP contribution in [-0.4, -0.2) is 0 Å². The summed E-state index contributed by atoms with van der Waals surface area (Å²) in [5, 5.41) is 0.874. The van der Waals surface area contributed by atoms with E-state index in [1.54, 1.807) is 0 Å². The van der Waals surface area contributed by atoms with Crippen LogP contribution >= 0.6 is 31.9 Å². The Morgan fingerprint density at radius 1 is 1.05 bits per heavy atom. The van der Waals surface area contributed by atoms with E-state index in [1.165, 1.54) is 16.7 Å². The molecule has 0 saturated carbocycles. The van der Waals surface area contributed by atoms with Crippen molar-refractivity contribution >= 4 is 31.9 Å². The van der Waals surface area contributed by atoms with Crippen molar-refractivity contribution in [2.24, 2.45) is 0 Å². The molecule has 19 heavy (non-hydrogen) atoms. The summed E-state index contributed by atoms with van der Waals surface area (Å²) in [7, 11) is 0. The fraction of sp³-hybridized carbons (Fsp3) is 0.250. The first-order chi connectivity index (χ1) is 9.11. The van der Waals surface area contributed by atoms with Crippen molar-refractivity contribution < 1.29 is 4.74 Å². The van der Waals surface area contributed by atoms with Crippen molar-refractivity contribution in [1.29, 1.82) is 0 Å². The van der Waals surface area contributed by atoms with Crippen LogP contribution in [0.25, 0.3) is 0 Å². The Morgan fingerprint density at radius 3 is 2.26 bits per heavy atom. The van der Waals surface area contributed by atoms with Gasteiger partial charge in [-0.05, 0) is 36.6 Å². The molecule has 0 heterocycles. The Morgan fingerprint density at radius 2 is 1.68 bits per heavy atom. The summed E-state index contributed by atoms with van der Waals surface area (Å²) < 4.78 is 7.07. The fourth-order valence-electron chi connectivity index (χ4n) is 2.11. The van der Waals surface area contributed by atoms with Gasteiger partial charge in [0.15, 0.2) is 0 Å². The van der Waals surface area contributed by atoms with Crippen LogP contribution in [0.15, 0.2) is 40.9 Å². The van der Waals surface area contributed by atoms with Gasteiger partial charge < -0.3 is 4.74 Å². The highest BCUT2D eigenvalue weighted by molar-refractivity contribution is 9.10. The second-order valence-corrected chi connectivity index (χ2v) is 5.99. The molecule has 0 aliphatic carbocycles. The van der Waals surface area contributed by atoms with E-state index in [-0.39, 0.29) is 0 Å². The van der Waals surface area contributed by atoms with Crippen molar-refractivity contribution in [2.75, 3.05) is 0 Å². The highest BCUT2D eigenvalue weighted by Crippen LogP contribution is 2.27. The summed E-state index contributed by atoms with van der Waals surface area (Å²) in [4.78, 5) is 0. The third kappa shape index (κ3) is 3.61. The van der Waals surface area contributed by atoms with Crippen LogP contribution in [0, 0.1) is 13.8 Å². The SMILES string of the molecule is Cc1cc(CBr)cc(C)c1OCc1ccccc1Br. The molecule has 2 aromatic carbocycles. The molecule has 0 saturated heterocycles. The smallest absolute Gasteiger partial charge is 0.125 e. The normalized spacial score (nSPS) is 10.5. The Hall–Kier alpha value is -0.800. The first kappa shape index (κ1) is 14.6. The van der Waals surface area contributed by atoms with E-state index in [4.69, 9.17) is 4.74 Å². The first-order valence-electron chi connectivity index (χ1n) is 6.14. The molecule has 0 aromatic heterocycles. The van der Waals surface area contributed by atoms with Crippen LogP contribution in [-0.2, 0) is 11.9 Å². The molecule has 2 rings (SSSR count). The number of halogens is 2. The predicted octanol–water partition coefficient (Wildman–Crippen LogP) is 5.54. The molecular formula is C16H16Br2O. The minimum absolute atomic E-state index is 0.580. The van der Waals surface area contributed by atoms with Crippen molar-refractivity contribution in [1.82, 2.24) is 0 Å². The second-order valence-electron chi connectivity index (χ2n) is 4.57. The maximum absolute atomic E-state index is 5.99. The van der Waals surface area contributed by atoms with Crippen LogP contribution in [0.2, 0.25) is 0 Å². The summed E-state index contributed by atoms with van der Waals surface area (Å²) in [6, 6.07) is 12.5. The summed E-state index contributed by atoms with van der Waals surface area (Å²) in [6.07, 6.45) is 0. The number of hydrogen-bond donors (Lipinski definition) is 0. The van der Waals surface area contributed by atoms with Crippen LogP contribution in [0.3, 0.4) is 0 Å². The zero-order valence-electron chi connectivity index (χ0n) is 11.0. The van der Waals surface area contributed by atoms with E-state index in [2.05, 4.69) is 63.9 Å². The molecule has 0 spiro atoms. The first-order valence-corrected chi connectivity index (χ1v) is 8.05. The van der Waals surface area contributed by atoms with Gasteiger partial charge in [-0.3, -0.25) is 0 Å². The van der Waals surface area contributed by atoms with Gasteiger partial charge in [-0.25, -0.2) is 0 Å². The molecular weight excluding hydrogens is 368 g/mol. The summed E-state index contributed by atoms with van der Waals surface area (Å²) in [5.74, 6) is 0.987. The largest absolute Gasteiger partial charge is 0.488 e. The van der Waals surface area contributed by atoms with Crippen molar-refractivity contribution in [3.8, 4) is 5.75 Å². The number of alkyl halides is 1. The topological polar surface area (TPSA) is 9.23 Å². The molecule has 100 valence electrons. The van der Waals surface area contributed by atoms with Gasteiger partial charge in [0.05, 0.1) is 0 Å². The van der Waals surface area contributed by atoms with Gasteiger partial charge in [0, 0.05) is 15.4 Å². The monoisotopic (exact) mass is 382 g/mol. The minimum Gasteiger partial charge on any atom is -0.488 e. The predicted molar refractivity (Wildman–Crippen MR) is 87.0 cm³/mol. The molecule has 0 aliphatic rings. The second kappa shape index (κ2) is 6.58. The van der Waals surface area contributed by atoms with E-state index >= 15 is 0 Å². The zero-order valence-corrected chi connectivity index (χ0v) is 14.2. The molecule has 0 atom stereocenters. The van der Waals surface area contributed by atoms with Gasteiger partial charge in [0.2, 0.25) is 0 Å². The van der Waals surface area contributed by atoms with Gasteiger partial charge in [0.25, 0.3) is 0 Å². The number of benzene rings is 2. The Bertz CT molecular complexity index is 556. The van der Waals surface area contributed by atoms with E-state index < -0.39 is 0 Å². The van der Waals surface area contributed by atoms with Gasteiger partial charge in [-0.15, -0.1) is 0 Å². The van der Waals surface area contributed by atoms with Crippen molar-refractivity contribution in [3.63, 3.8) is 0 Å². The lowest BCUT2D eigenvalue weighted by Gasteiger charge is -2.14. The molecule has 3 heteroatoms. The molecule has 0 unspecified atom stereocenters. The third-order valence-corrected chi connectivity index (χ3v) is 4.43. The van der Waals surface area contributed by atoms with E-state index in [0.717, 1.165) is 21.1 Å². The maximum atomic E-state index is 5.99. The highest BCUT2D eigenvalue weighted by atomic mass is 79.9. The number of rotatable bonds is 4. The standard InChI is InChI=1S/C16H16Br2O/c1-11-7-13(9-17)8-12(2)16(11)19-10-14-5-3-4-6-15(14)18/h3-8H,9-10H2,1-2H3. The average molecular weight is 384 g/mol. The Labute approximate surface area is 131 Å². The van der Waals surface area contributed by atoms with E-state index in [0.29, 0.717) is 6.61 Å². The average Bonchev–Trinajstić information content (AvgIpc) is 2.39. The molecule has 0 bridgehead atoms. The Balaban J connectivity index is 2.18. The lowest BCUT2D eigenvalue weighted by Crippen LogP contribution is -2.00. The van der Waals surface area contributed by atoms with Gasteiger partial charge >= 0.3 is 0 Å². The van der Waals surface area contributed by atoms with Crippen molar-refractivity contribution in [2.45, 2.75) is 25.8 Å². The van der Waals surface area contributed by atoms with Crippen LogP contribution in [0.5, 0.6) is 5.75 Å². The molecule has 0 N–H and O–H groups in total. The van der Waals surface area contributed by atoms with E-state index in [9.17, 15) is 0 Å². The van der Waals surface area contributed by atoms with Crippen LogP contribution in [0.4, 0.5) is 0 Å². The molecule has 0 amide bonds. The van der Waals surface area contributed by atoms with Gasteiger partial charge in [-0.1, -0.05) is 62.2 Å². The maximum Gasteiger partial charge on any atom is 0.125 e. The molecule has 2 aromatic rings. The number of aryl methyl sites for hydroxylation is 2. The summed E-state index contributed by atoms with van der Waals surface area (Å²) in [5.41, 5.74) is 4.80. The van der Waals surface area contributed by atoms with Crippen LogP contribution < -0.4 is 4.74 Å². The lowest BCUT2D eigenvalue weighted by molar-refractivity contribution is 0.301. The highest BCUT2D eigenvalue weighted by Gasteiger charge is 2.07. The minimum atomic E-state index is 0.580. The lowest BCUT2D eigenvalue weighted by atomic mass is 10.1. The van der Waals surface area contributed by atoms with Crippen molar-refractivity contribution in [3.05, 3.63) is 63.1 Å². The Kier molecular flexibility index (Phi) is 5.06. The third-order valence-electron chi connectivity index (χ3n) is 3.00. The van der Waals surface area contributed by atoms with E-state index in [1.807, 2.05) is 18.2 Å². The van der Waals surface area contributed by atoms with Crippen LogP contribution in [0.1, 0.15) is 22.3 Å². The number of hydrogen-bond acceptors (Lipinski definition) is 1. The molecule has 1 nitrogen and oxygen atoms in total. The van der Waals surface area contributed by atoms with Gasteiger partial charge in [0.1, 0.15) is 12.4 Å². The molecule has 0 aliphatic heterocycles. The molecule has 0 fully saturated rings. The fourth-order valence-corrected chi connectivity index (χ4v) is 2.83. The van der Waals surface area contributed by atoms with Gasteiger partial charge in [-0.2, -0.15) is 0 Å². The quantitative estimate of drug-likeness (QED) is 0.629. The summed E-state index contributed by atoms with van der Waals surface area (Å²) in [6.45, 7) is 4.76. The molecule has 0 radical (unpaired) electrons. The zero-order chi connectivity index (χ0) is 13.8. The summed E-state index contributed by atoms with van der Waals surface area (Å²) >= 11 is 7.03. The number of ether oxygens (including phenoxy) is 1.